The van der Waals surface area contributed by atoms with Crippen LogP contribution in [0.15, 0.2) is 6.07 Å². The van der Waals surface area contributed by atoms with E-state index in [0.29, 0.717) is 6.07 Å². The summed E-state index contributed by atoms with van der Waals surface area (Å²) in [5, 5.41) is 7.45. The second-order valence-corrected chi connectivity index (χ2v) is 2.58. The molecule has 0 saturated heterocycles. The minimum atomic E-state index is -1.15. The lowest BCUT2D eigenvalue weighted by atomic mass is 10.3. The average molecular weight is 199 g/mol. The highest BCUT2D eigenvalue weighted by Crippen LogP contribution is 2.32. The SMILES string of the molecule is Oc1cc(F)c(Cl)c(F)c1Cl. The van der Waals surface area contributed by atoms with E-state index in [-0.39, 0.29) is 0 Å². The van der Waals surface area contributed by atoms with E-state index < -0.39 is 27.4 Å². The van der Waals surface area contributed by atoms with E-state index in [0.717, 1.165) is 0 Å². The third-order valence-corrected chi connectivity index (χ3v) is 1.79. The molecule has 0 fully saturated rings. The van der Waals surface area contributed by atoms with Crippen molar-refractivity contribution in [2.24, 2.45) is 0 Å². The Labute approximate surface area is 71.2 Å². The van der Waals surface area contributed by atoms with Crippen molar-refractivity contribution < 1.29 is 13.9 Å². The van der Waals surface area contributed by atoms with Crippen LogP contribution in [-0.2, 0) is 0 Å². The summed E-state index contributed by atoms with van der Waals surface area (Å²) >= 11 is 10.3. The van der Waals surface area contributed by atoms with Crippen molar-refractivity contribution in [3.63, 3.8) is 0 Å². The van der Waals surface area contributed by atoms with E-state index >= 15 is 0 Å². The van der Waals surface area contributed by atoms with Gasteiger partial charge in [0.2, 0.25) is 0 Å². The van der Waals surface area contributed by atoms with Crippen molar-refractivity contribution in [1.29, 1.82) is 0 Å². The zero-order valence-electron chi connectivity index (χ0n) is 5.04. The molecule has 1 nitrogen and oxygen atoms in total. The quantitative estimate of drug-likeness (QED) is 0.502. The molecule has 0 bridgehead atoms. The Morgan fingerprint density at radius 3 is 2.27 bits per heavy atom. The fourth-order valence-corrected chi connectivity index (χ4v) is 0.907. The van der Waals surface area contributed by atoms with Crippen LogP contribution >= 0.6 is 23.2 Å². The number of phenols is 1. The molecule has 0 unspecified atom stereocenters. The Bertz CT molecular complexity index is 275. The molecule has 0 radical (unpaired) electrons. The molecule has 60 valence electrons. The maximum atomic E-state index is 12.6. The topological polar surface area (TPSA) is 20.2 Å². The molecule has 1 aromatic carbocycles. The maximum Gasteiger partial charge on any atom is 0.167 e. The van der Waals surface area contributed by atoms with Crippen molar-refractivity contribution in [2.75, 3.05) is 0 Å². The van der Waals surface area contributed by atoms with Gasteiger partial charge in [-0.15, -0.1) is 0 Å². The van der Waals surface area contributed by atoms with Gasteiger partial charge < -0.3 is 5.11 Å². The van der Waals surface area contributed by atoms with Crippen molar-refractivity contribution in [1.82, 2.24) is 0 Å². The fraction of sp³-hybridized carbons (Fsp3) is 0. The molecule has 1 rings (SSSR count). The van der Waals surface area contributed by atoms with Crippen LogP contribution in [0.25, 0.3) is 0 Å². The third kappa shape index (κ3) is 1.39. The largest absolute Gasteiger partial charge is 0.506 e. The first-order valence-corrected chi connectivity index (χ1v) is 3.31. The van der Waals surface area contributed by atoms with Crippen LogP contribution in [0.3, 0.4) is 0 Å². The summed E-state index contributed by atoms with van der Waals surface area (Å²) in [6, 6.07) is 0.647. The molecule has 0 amide bonds. The molecule has 0 aliphatic carbocycles. The summed E-state index contributed by atoms with van der Waals surface area (Å²) in [5.74, 6) is -2.84. The number of hydrogen-bond acceptors (Lipinski definition) is 1. The highest BCUT2D eigenvalue weighted by molar-refractivity contribution is 6.35. The van der Waals surface area contributed by atoms with Crippen LogP contribution < -0.4 is 0 Å². The molecule has 0 atom stereocenters. The van der Waals surface area contributed by atoms with Crippen LogP contribution in [-0.4, -0.2) is 5.11 Å². The molecule has 1 N–H and O–H groups in total. The van der Waals surface area contributed by atoms with Gasteiger partial charge in [-0.05, 0) is 0 Å². The van der Waals surface area contributed by atoms with Gasteiger partial charge in [0.05, 0.1) is 0 Å². The van der Waals surface area contributed by atoms with Crippen molar-refractivity contribution in [3.8, 4) is 5.75 Å². The maximum absolute atomic E-state index is 12.6. The molecule has 0 aliphatic heterocycles. The first-order valence-electron chi connectivity index (χ1n) is 2.56. The summed E-state index contributed by atoms with van der Waals surface area (Å²) in [7, 11) is 0. The van der Waals surface area contributed by atoms with Crippen LogP contribution in [0.4, 0.5) is 8.78 Å². The van der Waals surface area contributed by atoms with E-state index in [2.05, 4.69) is 0 Å². The first kappa shape index (κ1) is 8.56. The van der Waals surface area contributed by atoms with Crippen molar-refractivity contribution in [3.05, 3.63) is 27.7 Å². The van der Waals surface area contributed by atoms with Gasteiger partial charge in [-0.1, -0.05) is 23.2 Å². The highest BCUT2D eigenvalue weighted by atomic mass is 35.5. The van der Waals surface area contributed by atoms with Crippen LogP contribution in [0.5, 0.6) is 5.75 Å². The minimum absolute atomic E-state index is 0.573. The molecule has 0 saturated carbocycles. The van der Waals surface area contributed by atoms with E-state index in [9.17, 15) is 8.78 Å². The Kier molecular flexibility index (Phi) is 2.20. The second kappa shape index (κ2) is 2.83. The lowest BCUT2D eigenvalue weighted by Crippen LogP contribution is -1.85. The van der Waals surface area contributed by atoms with Gasteiger partial charge in [-0.2, -0.15) is 0 Å². The summed E-state index contributed by atoms with van der Waals surface area (Å²) < 4.78 is 25.0. The third-order valence-electron chi connectivity index (χ3n) is 1.08. The lowest BCUT2D eigenvalue weighted by Gasteiger charge is -2.00. The molecule has 0 spiro atoms. The van der Waals surface area contributed by atoms with E-state index in [1.807, 2.05) is 0 Å². The summed E-state index contributed by atoms with van der Waals surface area (Å²) in [6.45, 7) is 0. The Balaban J connectivity index is 3.46. The zero-order valence-corrected chi connectivity index (χ0v) is 6.55. The molecule has 0 aromatic heterocycles. The number of aromatic hydroxyl groups is 1. The van der Waals surface area contributed by atoms with Gasteiger partial charge in [0.15, 0.2) is 5.82 Å². The van der Waals surface area contributed by atoms with Crippen molar-refractivity contribution in [2.45, 2.75) is 0 Å². The van der Waals surface area contributed by atoms with Gasteiger partial charge >= 0.3 is 0 Å². The standard InChI is InChI=1S/C6H2Cl2F2O/c7-4-2(9)1-3(11)5(8)6(4)10/h1,11H. The van der Waals surface area contributed by atoms with Gasteiger partial charge in [-0.25, -0.2) is 8.78 Å². The molecule has 11 heavy (non-hydrogen) atoms. The van der Waals surface area contributed by atoms with Crippen molar-refractivity contribution >= 4 is 23.2 Å². The van der Waals surface area contributed by atoms with E-state index in [4.69, 9.17) is 28.3 Å². The fourth-order valence-electron chi connectivity index (χ4n) is 0.560. The minimum Gasteiger partial charge on any atom is -0.506 e. The number of hydrogen-bond donors (Lipinski definition) is 1. The molecule has 1 aromatic rings. The summed E-state index contributed by atoms with van der Waals surface area (Å²) in [5.41, 5.74) is 0. The predicted molar refractivity (Wildman–Crippen MR) is 38.0 cm³/mol. The highest BCUT2D eigenvalue weighted by Gasteiger charge is 2.14. The normalized spacial score (nSPS) is 10.2. The number of halogens is 4. The number of benzene rings is 1. The second-order valence-electron chi connectivity index (χ2n) is 1.82. The Morgan fingerprint density at radius 1 is 1.18 bits per heavy atom. The Hall–Kier alpha value is -0.540. The summed E-state index contributed by atoms with van der Waals surface area (Å²) in [4.78, 5) is 0. The lowest BCUT2D eigenvalue weighted by molar-refractivity contribution is 0.461. The smallest absolute Gasteiger partial charge is 0.167 e. The molecular formula is C6H2Cl2F2O. The Morgan fingerprint density at radius 2 is 1.73 bits per heavy atom. The predicted octanol–water partition coefficient (Wildman–Crippen LogP) is 2.98. The van der Waals surface area contributed by atoms with Crippen LogP contribution in [0.1, 0.15) is 0 Å². The monoisotopic (exact) mass is 198 g/mol. The van der Waals surface area contributed by atoms with Crippen LogP contribution in [0, 0.1) is 11.6 Å². The van der Waals surface area contributed by atoms with Crippen LogP contribution in [0.2, 0.25) is 10.0 Å². The van der Waals surface area contributed by atoms with E-state index in [1.165, 1.54) is 0 Å². The first-order chi connectivity index (χ1) is 5.04. The zero-order chi connectivity index (χ0) is 8.59. The molecule has 0 aliphatic rings. The van der Waals surface area contributed by atoms with Gasteiger partial charge in [0.25, 0.3) is 0 Å². The van der Waals surface area contributed by atoms with E-state index in [1.54, 1.807) is 0 Å². The number of rotatable bonds is 0. The van der Waals surface area contributed by atoms with Gasteiger partial charge in [0.1, 0.15) is 21.6 Å². The number of phenolic OH excluding ortho intramolecular Hbond substituents is 1. The molecular weight excluding hydrogens is 197 g/mol. The summed E-state index contributed by atoms with van der Waals surface area (Å²) in [6.07, 6.45) is 0. The molecule has 0 heterocycles. The van der Waals surface area contributed by atoms with Gasteiger partial charge in [-0.3, -0.25) is 0 Å². The average Bonchev–Trinajstić information content (AvgIpc) is 1.97. The van der Waals surface area contributed by atoms with Gasteiger partial charge in [0, 0.05) is 6.07 Å². The molecule has 5 heteroatoms.